The number of unbranched alkanes of at least 4 members (excludes halogenated alkanes) is 19. The number of allylic oxidation sites excluding steroid dienone is 26. The zero-order valence-electron chi connectivity index (χ0n) is 59.9. The van der Waals surface area contributed by atoms with Gasteiger partial charge in [-0.2, -0.15) is 0 Å². The second kappa shape index (κ2) is 71.0. The highest BCUT2D eigenvalue weighted by Gasteiger charge is 2.29. The Morgan fingerprint density at radius 3 is 0.814 bits per heavy atom. The lowest BCUT2D eigenvalue weighted by atomic mass is 10.1. The van der Waals surface area contributed by atoms with Crippen LogP contribution < -0.4 is 0 Å². The molecule has 0 saturated carbocycles. The smallest absolute Gasteiger partial charge is 0.463 e. The number of esters is 3. The van der Waals surface area contributed by atoms with Gasteiger partial charge in [0.25, 0.3) is 0 Å². The lowest BCUT2D eigenvalue weighted by Crippen LogP contribution is -2.30. The van der Waals surface area contributed by atoms with Crippen molar-refractivity contribution < 1.29 is 75.8 Å². The standard InChI is InChI=1S/C79H130O16P2/c1-4-7-10-13-16-19-22-25-28-31-34-35-36-37-40-42-44-47-50-53-56-59-62-65-77(82)89-68-74(80)69-91-96(85,86)92-70-75(81)71-93-97(87,88)94-73-76(95-79(84)67-64-61-58-55-52-49-46-43-39-33-30-27-24-21-18-15-12-9-6-3)72-90-78(83)66-63-60-57-54-51-48-45-41-38-32-29-26-23-20-17-14-11-8-5-2/h7-12,16-21,25-30,34-35,37-41,43,74-76,80-81H,4-6,13-15,22-24,31-33,36,42,44-73H2,1-3H3,(H,85,86)(H,87,88)/b10-7-,11-8-,12-9-,19-16-,20-17-,21-18-,28-25-,29-26-,30-27-,35-34-,40-37-,41-38-,43-39-. The van der Waals surface area contributed by atoms with E-state index >= 15 is 0 Å². The van der Waals surface area contributed by atoms with Crippen molar-refractivity contribution >= 4 is 33.6 Å². The molecule has 0 radical (unpaired) electrons. The summed E-state index contributed by atoms with van der Waals surface area (Å²) in [6.07, 6.45) is 87.0. The highest BCUT2D eigenvalue weighted by Crippen LogP contribution is 2.45. The lowest BCUT2D eigenvalue weighted by molar-refractivity contribution is -0.161. The fraction of sp³-hybridized carbons (Fsp3) is 0.633. The first kappa shape index (κ1) is 92.2. The molecule has 0 saturated heterocycles. The van der Waals surface area contributed by atoms with Gasteiger partial charge in [-0.3, -0.25) is 32.5 Å². The van der Waals surface area contributed by atoms with Crippen molar-refractivity contribution in [1.29, 1.82) is 0 Å². The van der Waals surface area contributed by atoms with Crippen LogP contribution in [0.1, 0.15) is 265 Å². The summed E-state index contributed by atoms with van der Waals surface area (Å²) in [6.45, 7) is 2.28. The molecule has 0 spiro atoms. The van der Waals surface area contributed by atoms with E-state index in [1.54, 1.807) is 0 Å². The number of aliphatic hydroxyl groups excluding tert-OH is 2. The first-order chi connectivity index (χ1) is 47.2. The topological polar surface area (TPSA) is 231 Å². The van der Waals surface area contributed by atoms with Crippen LogP contribution in [0.5, 0.6) is 0 Å². The zero-order chi connectivity index (χ0) is 70.9. The number of aliphatic hydroxyl groups is 2. The number of hydrogen-bond donors (Lipinski definition) is 4. The van der Waals surface area contributed by atoms with Crippen molar-refractivity contribution in [1.82, 2.24) is 0 Å². The van der Waals surface area contributed by atoms with E-state index in [1.807, 2.05) is 0 Å². The molecular weight excluding hydrogens is 1270 g/mol. The molecule has 5 unspecified atom stereocenters. The van der Waals surface area contributed by atoms with E-state index in [0.717, 1.165) is 205 Å². The highest BCUT2D eigenvalue weighted by atomic mass is 31.2. The van der Waals surface area contributed by atoms with Crippen LogP contribution in [0.15, 0.2) is 158 Å². The van der Waals surface area contributed by atoms with Crippen LogP contribution in [0.25, 0.3) is 0 Å². The number of hydrogen-bond acceptors (Lipinski definition) is 14. The molecule has 97 heavy (non-hydrogen) atoms. The number of ether oxygens (including phenoxy) is 3. The molecule has 0 aromatic heterocycles. The van der Waals surface area contributed by atoms with E-state index in [2.05, 4.69) is 179 Å². The van der Waals surface area contributed by atoms with Crippen LogP contribution in [0.4, 0.5) is 0 Å². The third kappa shape index (κ3) is 72.2. The normalized spacial score (nSPS) is 15.0. The van der Waals surface area contributed by atoms with Gasteiger partial charge in [-0.25, -0.2) is 9.13 Å². The minimum absolute atomic E-state index is 0.0791. The molecule has 0 rings (SSSR count). The second-order valence-electron chi connectivity index (χ2n) is 23.9. The first-order valence-electron chi connectivity index (χ1n) is 36.8. The largest absolute Gasteiger partial charge is 0.472 e. The van der Waals surface area contributed by atoms with Gasteiger partial charge in [0.1, 0.15) is 25.4 Å². The van der Waals surface area contributed by atoms with Gasteiger partial charge >= 0.3 is 33.6 Å². The van der Waals surface area contributed by atoms with Crippen LogP contribution >= 0.6 is 15.6 Å². The molecule has 5 atom stereocenters. The molecule has 4 N–H and O–H groups in total. The Morgan fingerprint density at radius 2 is 0.515 bits per heavy atom. The van der Waals surface area contributed by atoms with Crippen LogP contribution in [-0.2, 0) is 55.8 Å². The molecule has 0 amide bonds. The van der Waals surface area contributed by atoms with Crippen LogP contribution in [0.2, 0.25) is 0 Å². The van der Waals surface area contributed by atoms with Crippen molar-refractivity contribution in [2.24, 2.45) is 0 Å². The third-order valence-electron chi connectivity index (χ3n) is 14.7. The average molecular weight is 1400 g/mol. The van der Waals surface area contributed by atoms with Gasteiger partial charge in [0.15, 0.2) is 6.10 Å². The predicted molar refractivity (Wildman–Crippen MR) is 399 cm³/mol. The Bertz CT molecular complexity index is 2400. The highest BCUT2D eigenvalue weighted by molar-refractivity contribution is 7.47. The predicted octanol–water partition coefficient (Wildman–Crippen LogP) is 21.1. The summed E-state index contributed by atoms with van der Waals surface area (Å²) >= 11 is 0. The molecule has 18 heteroatoms. The molecule has 0 aromatic rings. The minimum atomic E-state index is -4.94. The quantitative estimate of drug-likeness (QED) is 0.0146. The summed E-state index contributed by atoms with van der Waals surface area (Å²) < 4.78 is 61.0. The summed E-state index contributed by atoms with van der Waals surface area (Å²) in [5.74, 6) is -1.63. The summed E-state index contributed by atoms with van der Waals surface area (Å²) in [5, 5.41) is 20.6. The monoisotopic (exact) mass is 1400 g/mol. The average Bonchev–Trinajstić information content (AvgIpc) is 1.81. The second-order valence-corrected chi connectivity index (χ2v) is 26.9. The molecule has 0 aliphatic heterocycles. The maximum absolute atomic E-state index is 13.0. The summed E-state index contributed by atoms with van der Waals surface area (Å²) in [7, 11) is -9.81. The number of phosphoric acid groups is 2. The molecule has 552 valence electrons. The number of phosphoric ester groups is 2. The molecule has 0 heterocycles. The first-order valence-corrected chi connectivity index (χ1v) is 39.8. The van der Waals surface area contributed by atoms with Gasteiger partial charge in [-0.05, 0) is 141 Å². The summed E-state index contributed by atoms with van der Waals surface area (Å²) in [5.41, 5.74) is 0. The van der Waals surface area contributed by atoms with E-state index in [-0.39, 0.29) is 19.3 Å². The van der Waals surface area contributed by atoms with E-state index in [9.17, 15) is 43.5 Å². The Hall–Kier alpha value is -4.83. The third-order valence-corrected chi connectivity index (χ3v) is 16.6. The van der Waals surface area contributed by atoms with E-state index < -0.39 is 91.5 Å². The van der Waals surface area contributed by atoms with E-state index in [4.69, 9.17) is 32.3 Å². The number of carbonyl (C=O) groups excluding carboxylic acids is 3. The van der Waals surface area contributed by atoms with Crippen molar-refractivity contribution in [3.8, 4) is 0 Å². The Kier molecular flexibility index (Phi) is 67.5. The van der Waals surface area contributed by atoms with Gasteiger partial charge < -0.3 is 34.2 Å². The lowest BCUT2D eigenvalue weighted by Gasteiger charge is -2.21. The molecule has 0 aromatic carbocycles. The molecule has 16 nitrogen and oxygen atoms in total. The van der Waals surface area contributed by atoms with Crippen LogP contribution in [-0.4, -0.2) is 95.9 Å². The molecule has 0 aliphatic carbocycles. The maximum atomic E-state index is 13.0. The Labute approximate surface area is 587 Å². The fourth-order valence-corrected chi connectivity index (χ4v) is 10.8. The Morgan fingerprint density at radius 1 is 0.289 bits per heavy atom. The van der Waals surface area contributed by atoms with Crippen molar-refractivity contribution in [3.05, 3.63) is 158 Å². The molecule has 0 bridgehead atoms. The minimum Gasteiger partial charge on any atom is -0.463 e. The zero-order valence-corrected chi connectivity index (χ0v) is 61.7. The Balaban J connectivity index is 4.72. The van der Waals surface area contributed by atoms with Crippen molar-refractivity contribution in [3.63, 3.8) is 0 Å². The van der Waals surface area contributed by atoms with Gasteiger partial charge in [-0.1, -0.05) is 262 Å². The van der Waals surface area contributed by atoms with E-state index in [1.165, 1.54) is 0 Å². The molecule has 0 fully saturated rings. The number of rotatable bonds is 68. The van der Waals surface area contributed by atoms with Gasteiger partial charge in [-0.15, -0.1) is 0 Å². The fourth-order valence-electron chi connectivity index (χ4n) is 9.23. The van der Waals surface area contributed by atoms with Crippen LogP contribution in [0, 0.1) is 0 Å². The van der Waals surface area contributed by atoms with Gasteiger partial charge in [0.2, 0.25) is 0 Å². The summed E-state index contributed by atoms with van der Waals surface area (Å²) in [4.78, 5) is 58.6. The van der Waals surface area contributed by atoms with Crippen molar-refractivity contribution in [2.75, 3.05) is 39.6 Å². The maximum Gasteiger partial charge on any atom is 0.472 e. The molecule has 0 aliphatic rings. The molecular formula is C79H130O16P2. The van der Waals surface area contributed by atoms with Crippen molar-refractivity contribution in [2.45, 2.75) is 283 Å². The van der Waals surface area contributed by atoms with Gasteiger partial charge in [0, 0.05) is 19.3 Å². The SMILES string of the molecule is CC/C=C\C/C=C\C/C=C\C/C=C\C/C=C\CCCCCCCCCC(=O)OCC(O)COP(=O)(O)OCC(O)COP(=O)(O)OCC(COC(=O)CCCCCCCC/C=C\C/C=C\C/C=C\C/C=C\CC)OC(=O)CCCCCCCC/C=C\C/C=C\C/C=C\C/C=C\CC. The van der Waals surface area contributed by atoms with E-state index in [0.29, 0.717) is 19.3 Å². The summed E-state index contributed by atoms with van der Waals surface area (Å²) in [6, 6.07) is 0. The van der Waals surface area contributed by atoms with Crippen LogP contribution in [0.3, 0.4) is 0 Å². The van der Waals surface area contributed by atoms with Gasteiger partial charge in [0.05, 0.1) is 26.4 Å². The number of carbonyl (C=O) groups is 3.